The maximum atomic E-state index is 11.7. The third-order valence-electron chi connectivity index (χ3n) is 4.05. The Morgan fingerprint density at radius 3 is 2.50 bits per heavy atom. The number of ether oxygens (including phenoxy) is 1. The van der Waals surface area contributed by atoms with Crippen LogP contribution in [0.5, 0.6) is 0 Å². The lowest BCUT2D eigenvalue weighted by Gasteiger charge is -2.33. The molecular weight excluding hydrogens is 252 g/mol. The van der Waals surface area contributed by atoms with Crippen LogP contribution in [0.1, 0.15) is 43.5 Å². The molecule has 2 atom stereocenters. The Labute approximate surface area is 120 Å². The van der Waals surface area contributed by atoms with Gasteiger partial charge in [0.15, 0.2) is 0 Å². The summed E-state index contributed by atoms with van der Waals surface area (Å²) in [6, 6.07) is 5.87. The number of hydrogen-bond donors (Lipinski definition) is 2. The molecular formula is C16H24N2O2. The van der Waals surface area contributed by atoms with Crippen LogP contribution in [-0.2, 0) is 4.74 Å². The largest absolute Gasteiger partial charge is 0.465 e. The number of rotatable bonds is 3. The minimum absolute atomic E-state index is 0.392. The van der Waals surface area contributed by atoms with Gasteiger partial charge in [-0.05, 0) is 43.2 Å². The van der Waals surface area contributed by atoms with Crippen LogP contribution in [0.4, 0.5) is 11.4 Å². The Kier molecular flexibility index (Phi) is 4.53. The summed E-state index contributed by atoms with van der Waals surface area (Å²) in [7, 11) is 1.37. The molecule has 4 heteroatoms. The zero-order valence-corrected chi connectivity index (χ0v) is 12.5. The summed E-state index contributed by atoms with van der Waals surface area (Å²) in [6.45, 7) is 4.58. The number of esters is 1. The van der Waals surface area contributed by atoms with E-state index in [1.807, 2.05) is 12.1 Å². The first-order chi connectivity index (χ1) is 9.51. The molecule has 0 saturated heterocycles. The van der Waals surface area contributed by atoms with Crippen LogP contribution in [0.2, 0.25) is 0 Å². The summed E-state index contributed by atoms with van der Waals surface area (Å²) in [5.41, 5.74) is 7.82. The number of nitrogens with one attached hydrogen (secondary N) is 1. The molecule has 2 unspecified atom stereocenters. The Morgan fingerprint density at radius 2 is 1.90 bits per heavy atom. The molecule has 0 aliphatic heterocycles. The zero-order chi connectivity index (χ0) is 14.7. The molecule has 1 aromatic rings. The van der Waals surface area contributed by atoms with Crippen LogP contribution in [-0.4, -0.2) is 19.1 Å². The number of anilines is 2. The van der Waals surface area contributed by atoms with Crippen molar-refractivity contribution in [2.24, 2.45) is 11.8 Å². The number of benzene rings is 1. The topological polar surface area (TPSA) is 64.3 Å². The second-order valence-electron chi connectivity index (χ2n) is 6.02. The highest BCUT2D eigenvalue weighted by Gasteiger charge is 2.24. The molecule has 0 spiro atoms. The van der Waals surface area contributed by atoms with Crippen molar-refractivity contribution in [2.75, 3.05) is 18.2 Å². The van der Waals surface area contributed by atoms with E-state index in [0.29, 0.717) is 17.3 Å². The van der Waals surface area contributed by atoms with Crippen molar-refractivity contribution in [3.63, 3.8) is 0 Å². The van der Waals surface area contributed by atoms with Crippen LogP contribution >= 0.6 is 0 Å². The third kappa shape index (κ3) is 3.24. The summed E-state index contributed by atoms with van der Waals surface area (Å²) >= 11 is 0. The van der Waals surface area contributed by atoms with E-state index in [0.717, 1.165) is 30.4 Å². The van der Waals surface area contributed by atoms with Crippen LogP contribution in [0.15, 0.2) is 18.2 Å². The van der Waals surface area contributed by atoms with Gasteiger partial charge in [-0.25, -0.2) is 4.79 Å². The molecule has 3 N–H and O–H groups in total. The van der Waals surface area contributed by atoms with Gasteiger partial charge in [0.05, 0.1) is 24.0 Å². The van der Waals surface area contributed by atoms with E-state index < -0.39 is 5.97 Å². The van der Waals surface area contributed by atoms with Gasteiger partial charge in [0.2, 0.25) is 0 Å². The standard InChI is InChI=1S/C16H24N2O2/c1-10-7-11(2)9-12(8-10)18-14-6-4-5-13(15(14)17)16(19)20-3/h4-6,10-12,18H,7-9,17H2,1-3H3. The van der Waals surface area contributed by atoms with Gasteiger partial charge in [-0.1, -0.05) is 19.9 Å². The SMILES string of the molecule is COC(=O)c1cccc(NC2CC(C)CC(C)C2)c1N. The second kappa shape index (κ2) is 6.16. The van der Waals surface area contributed by atoms with E-state index in [9.17, 15) is 4.79 Å². The van der Waals surface area contributed by atoms with E-state index in [2.05, 4.69) is 19.2 Å². The fourth-order valence-electron chi connectivity index (χ4n) is 3.26. The molecule has 0 amide bonds. The molecule has 4 nitrogen and oxygen atoms in total. The maximum absolute atomic E-state index is 11.7. The van der Waals surface area contributed by atoms with Crippen molar-refractivity contribution in [1.29, 1.82) is 0 Å². The summed E-state index contributed by atoms with van der Waals surface area (Å²) in [5, 5.41) is 3.50. The third-order valence-corrected chi connectivity index (χ3v) is 4.05. The highest BCUT2D eigenvalue weighted by Crippen LogP contribution is 2.32. The smallest absolute Gasteiger partial charge is 0.340 e. The minimum atomic E-state index is -0.392. The molecule has 1 aromatic carbocycles. The van der Waals surface area contributed by atoms with Crippen molar-refractivity contribution >= 4 is 17.3 Å². The van der Waals surface area contributed by atoms with Gasteiger partial charge in [0.1, 0.15) is 0 Å². The Hall–Kier alpha value is -1.71. The molecule has 1 fully saturated rings. The molecule has 110 valence electrons. The predicted octanol–water partition coefficient (Wildman–Crippen LogP) is 3.29. The Morgan fingerprint density at radius 1 is 1.25 bits per heavy atom. The highest BCUT2D eigenvalue weighted by atomic mass is 16.5. The van der Waals surface area contributed by atoms with Gasteiger partial charge >= 0.3 is 5.97 Å². The van der Waals surface area contributed by atoms with Crippen LogP contribution in [0.25, 0.3) is 0 Å². The van der Waals surface area contributed by atoms with E-state index in [1.165, 1.54) is 13.5 Å². The van der Waals surface area contributed by atoms with Crippen LogP contribution in [0.3, 0.4) is 0 Å². The van der Waals surface area contributed by atoms with Gasteiger partial charge in [0, 0.05) is 6.04 Å². The van der Waals surface area contributed by atoms with E-state index in [-0.39, 0.29) is 0 Å². The average molecular weight is 276 g/mol. The summed E-state index contributed by atoms with van der Waals surface area (Å²) in [6.07, 6.45) is 3.58. The second-order valence-corrected chi connectivity index (χ2v) is 6.02. The lowest BCUT2D eigenvalue weighted by Crippen LogP contribution is -2.30. The van der Waals surface area contributed by atoms with Crippen molar-refractivity contribution < 1.29 is 9.53 Å². The van der Waals surface area contributed by atoms with Crippen molar-refractivity contribution in [3.05, 3.63) is 23.8 Å². The Balaban J connectivity index is 2.15. The van der Waals surface area contributed by atoms with Crippen molar-refractivity contribution in [2.45, 2.75) is 39.2 Å². The predicted molar refractivity (Wildman–Crippen MR) is 81.8 cm³/mol. The first-order valence-electron chi connectivity index (χ1n) is 7.24. The fraction of sp³-hybridized carbons (Fsp3) is 0.562. The number of carbonyl (C=O) groups excluding carboxylic acids is 1. The first kappa shape index (κ1) is 14.7. The summed E-state index contributed by atoms with van der Waals surface area (Å²) < 4.78 is 4.75. The molecule has 0 radical (unpaired) electrons. The van der Waals surface area contributed by atoms with Crippen molar-refractivity contribution in [1.82, 2.24) is 0 Å². The van der Waals surface area contributed by atoms with Crippen LogP contribution in [0, 0.1) is 11.8 Å². The number of hydrogen-bond acceptors (Lipinski definition) is 4. The van der Waals surface area contributed by atoms with Crippen LogP contribution < -0.4 is 11.1 Å². The van der Waals surface area contributed by atoms with E-state index >= 15 is 0 Å². The lowest BCUT2D eigenvalue weighted by molar-refractivity contribution is 0.0602. The quantitative estimate of drug-likeness (QED) is 0.657. The van der Waals surface area contributed by atoms with E-state index in [4.69, 9.17) is 10.5 Å². The summed E-state index contributed by atoms with van der Waals surface area (Å²) in [4.78, 5) is 11.7. The number of para-hydroxylation sites is 1. The number of methoxy groups -OCH3 is 1. The number of nitrogen functional groups attached to an aromatic ring is 1. The van der Waals surface area contributed by atoms with Gasteiger partial charge in [0.25, 0.3) is 0 Å². The monoisotopic (exact) mass is 276 g/mol. The molecule has 1 saturated carbocycles. The molecule has 2 rings (SSSR count). The molecule has 20 heavy (non-hydrogen) atoms. The minimum Gasteiger partial charge on any atom is -0.465 e. The molecule has 1 aliphatic carbocycles. The number of nitrogens with two attached hydrogens (primary N) is 1. The number of carbonyl (C=O) groups is 1. The first-order valence-corrected chi connectivity index (χ1v) is 7.24. The van der Waals surface area contributed by atoms with Crippen molar-refractivity contribution in [3.8, 4) is 0 Å². The lowest BCUT2D eigenvalue weighted by atomic mass is 9.80. The molecule has 1 aliphatic rings. The van der Waals surface area contributed by atoms with Gasteiger partial charge in [-0.15, -0.1) is 0 Å². The Bertz CT molecular complexity index is 477. The van der Waals surface area contributed by atoms with Gasteiger partial charge in [-0.3, -0.25) is 0 Å². The van der Waals surface area contributed by atoms with Gasteiger partial charge in [-0.2, -0.15) is 0 Å². The highest BCUT2D eigenvalue weighted by molar-refractivity contribution is 5.98. The van der Waals surface area contributed by atoms with E-state index in [1.54, 1.807) is 6.07 Å². The molecule has 0 bridgehead atoms. The average Bonchev–Trinajstić information content (AvgIpc) is 2.39. The zero-order valence-electron chi connectivity index (χ0n) is 12.5. The molecule has 0 aromatic heterocycles. The fourth-order valence-corrected chi connectivity index (χ4v) is 3.26. The maximum Gasteiger partial charge on any atom is 0.340 e. The molecule has 0 heterocycles. The normalized spacial score (nSPS) is 26.1. The summed E-state index contributed by atoms with van der Waals surface area (Å²) in [5.74, 6) is 1.05. The van der Waals surface area contributed by atoms with Gasteiger partial charge < -0.3 is 15.8 Å².